The second-order valence-electron chi connectivity index (χ2n) is 4.15. The number of furan rings is 1. The molecule has 1 aromatic carbocycles. The first-order valence-electron chi connectivity index (χ1n) is 5.99. The summed E-state index contributed by atoms with van der Waals surface area (Å²) in [6, 6.07) is 14.9. The fraction of sp³-hybridized carbons (Fsp3) is 0.0667. The average Bonchev–Trinajstić information content (AvgIpc) is 2.90. The number of para-hydroxylation sites is 1. The first-order valence-corrected chi connectivity index (χ1v) is 5.99. The van der Waals surface area contributed by atoms with Crippen molar-refractivity contribution in [2.45, 2.75) is 6.54 Å². The molecule has 2 aromatic heterocycles. The third-order valence-electron chi connectivity index (χ3n) is 2.81. The Hall–Kier alpha value is -2.62. The monoisotopic (exact) mass is 252 g/mol. The Morgan fingerprint density at radius 3 is 2.79 bits per heavy atom. The van der Waals surface area contributed by atoms with Gasteiger partial charge < -0.3 is 9.73 Å². The summed E-state index contributed by atoms with van der Waals surface area (Å²) in [5.41, 5.74) is 1.53. The number of carbonyl (C=O) groups excluding carboxylic acids is 1. The van der Waals surface area contributed by atoms with Crippen LogP contribution in [0.4, 0.5) is 0 Å². The summed E-state index contributed by atoms with van der Waals surface area (Å²) >= 11 is 0. The molecule has 1 amide bonds. The Morgan fingerprint density at radius 1 is 1.16 bits per heavy atom. The number of nitrogens with one attached hydrogen (secondary N) is 1. The zero-order valence-electron chi connectivity index (χ0n) is 10.2. The number of aromatic nitrogens is 1. The Morgan fingerprint density at radius 2 is 2.00 bits per heavy atom. The molecule has 0 atom stereocenters. The van der Waals surface area contributed by atoms with Gasteiger partial charge in [-0.2, -0.15) is 0 Å². The number of rotatable bonds is 3. The van der Waals surface area contributed by atoms with Crippen molar-refractivity contribution in [2.75, 3.05) is 0 Å². The summed E-state index contributed by atoms with van der Waals surface area (Å²) in [7, 11) is 0. The maximum absolute atomic E-state index is 12.0. The lowest BCUT2D eigenvalue weighted by Crippen LogP contribution is -2.22. The van der Waals surface area contributed by atoms with Crippen molar-refractivity contribution in [1.29, 1.82) is 0 Å². The number of fused-ring (bicyclic) bond motifs is 1. The molecule has 4 heteroatoms. The van der Waals surface area contributed by atoms with Crippen LogP contribution in [-0.4, -0.2) is 10.9 Å². The number of benzene rings is 1. The molecule has 3 rings (SSSR count). The van der Waals surface area contributed by atoms with Crippen LogP contribution in [0.2, 0.25) is 0 Å². The number of amides is 1. The molecule has 0 saturated carbocycles. The lowest BCUT2D eigenvalue weighted by molar-refractivity contribution is 0.0925. The van der Waals surface area contributed by atoms with Gasteiger partial charge in [0.25, 0.3) is 5.91 Å². The smallest absolute Gasteiger partial charge is 0.287 e. The highest BCUT2D eigenvalue weighted by atomic mass is 16.3. The van der Waals surface area contributed by atoms with Gasteiger partial charge in [-0.15, -0.1) is 0 Å². The van der Waals surface area contributed by atoms with E-state index >= 15 is 0 Å². The summed E-state index contributed by atoms with van der Waals surface area (Å²) in [5.74, 6) is 0.0824. The molecule has 0 spiro atoms. The van der Waals surface area contributed by atoms with Gasteiger partial charge in [-0.3, -0.25) is 9.78 Å². The Balaban J connectivity index is 1.73. The van der Waals surface area contributed by atoms with Crippen LogP contribution in [0.5, 0.6) is 0 Å². The average molecular weight is 252 g/mol. The fourth-order valence-electron chi connectivity index (χ4n) is 1.85. The number of pyridine rings is 1. The normalized spacial score (nSPS) is 10.5. The molecule has 0 radical (unpaired) electrons. The van der Waals surface area contributed by atoms with Crippen molar-refractivity contribution in [3.63, 3.8) is 0 Å². The van der Waals surface area contributed by atoms with Crippen molar-refractivity contribution in [1.82, 2.24) is 10.3 Å². The van der Waals surface area contributed by atoms with E-state index in [1.165, 1.54) is 0 Å². The third kappa shape index (κ3) is 2.47. The van der Waals surface area contributed by atoms with Crippen LogP contribution in [0.15, 0.2) is 59.1 Å². The zero-order valence-corrected chi connectivity index (χ0v) is 10.2. The summed E-state index contributed by atoms with van der Waals surface area (Å²) in [4.78, 5) is 16.1. The van der Waals surface area contributed by atoms with E-state index in [1.54, 1.807) is 12.3 Å². The van der Waals surface area contributed by atoms with Gasteiger partial charge in [0.15, 0.2) is 5.76 Å². The molecule has 3 aromatic rings. The van der Waals surface area contributed by atoms with Crippen molar-refractivity contribution >= 4 is 16.9 Å². The molecule has 19 heavy (non-hydrogen) atoms. The molecule has 1 N–H and O–H groups in total. The van der Waals surface area contributed by atoms with E-state index in [0.29, 0.717) is 17.9 Å². The summed E-state index contributed by atoms with van der Waals surface area (Å²) in [6.45, 7) is 0.386. The van der Waals surface area contributed by atoms with Crippen LogP contribution >= 0.6 is 0 Å². The quantitative estimate of drug-likeness (QED) is 0.779. The summed E-state index contributed by atoms with van der Waals surface area (Å²) in [6.07, 6.45) is 1.70. The van der Waals surface area contributed by atoms with Crippen molar-refractivity contribution in [3.8, 4) is 0 Å². The fourth-order valence-corrected chi connectivity index (χ4v) is 1.85. The number of hydrogen-bond donors (Lipinski definition) is 1. The van der Waals surface area contributed by atoms with E-state index in [9.17, 15) is 4.79 Å². The van der Waals surface area contributed by atoms with Crippen LogP contribution in [0.1, 0.15) is 16.2 Å². The van der Waals surface area contributed by atoms with E-state index in [4.69, 9.17) is 4.42 Å². The standard InChI is InChI=1S/C15H12N2O2/c18-15(17-10-12-6-3-4-8-16-12)14-9-11-5-1-2-7-13(11)19-14/h1-9H,10H2,(H,17,18). The molecule has 94 valence electrons. The van der Waals surface area contributed by atoms with E-state index in [2.05, 4.69) is 10.3 Å². The minimum Gasteiger partial charge on any atom is -0.451 e. The molecule has 0 aliphatic carbocycles. The summed E-state index contributed by atoms with van der Waals surface area (Å²) in [5, 5.41) is 3.70. The zero-order chi connectivity index (χ0) is 13.1. The summed E-state index contributed by atoms with van der Waals surface area (Å²) < 4.78 is 5.49. The van der Waals surface area contributed by atoms with Gasteiger partial charge in [-0.05, 0) is 24.3 Å². The number of carbonyl (C=O) groups is 1. The molecule has 0 aliphatic rings. The van der Waals surface area contributed by atoms with Crippen molar-refractivity contribution in [3.05, 3.63) is 66.2 Å². The lowest BCUT2D eigenvalue weighted by atomic mass is 10.2. The molecule has 2 heterocycles. The van der Waals surface area contributed by atoms with E-state index in [-0.39, 0.29) is 5.91 Å². The minimum absolute atomic E-state index is 0.234. The minimum atomic E-state index is -0.234. The highest BCUT2D eigenvalue weighted by molar-refractivity contribution is 5.95. The highest BCUT2D eigenvalue weighted by Crippen LogP contribution is 2.18. The Kier molecular flexibility index (Phi) is 2.98. The van der Waals surface area contributed by atoms with Crippen LogP contribution in [0.25, 0.3) is 11.0 Å². The van der Waals surface area contributed by atoms with Crippen LogP contribution in [-0.2, 0) is 6.54 Å². The first kappa shape index (κ1) is 11.5. The Labute approximate surface area is 110 Å². The molecular formula is C15H12N2O2. The van der Waals surface area contributed by atoms with E-state index < -0.39 is 0 Å². The van der Waals surface area contributed by atoms with Crippen LogP contribution < -0.4 is 5.32 Å². The predicted octanol–water partition coefficient (Wildman–Crippen LogP) is 2.76. The van der Waals surface area contributed by atoms with Gasteiger partial charge >= 0.3 is 0 Å². The number of hydrogen-bond acceptors (Lipinski definition) is 3. The lowest BCUT2D eigenvalue weighted by Gasteiger charge is -2.01. The van der Waals surface area contributed by atoms with Gasteiger partial charge in [0, 0.05) is 11.6 Å². The van der Waals surface area contributed by atoms with Crippen LogP contribution in [0.3, 0.4) is 0 Å². The van der Waals surface area contributed by atoms with E-state index in [0.717, 1.165) is 11.1 Å². The molecule has 0 unspecified atom stereocenters. The van der Waals surface area contributed by atoms with Gasteiger partial charge in [-0.1, -0.05) is 24.3 Å². The molecule has 0 bridgehead atoms. The second-order valence-corrected chi connectivity index (χ2v) is 4.15. The molecular weight excluding hydrogens is 240 g/mol. The molecule has 0 fully saturated rings. The van der Waals surface area contributed by atoms with Gasteiger partial charge in [0.2, 0.25) is 0 Å². The first-order chi connectivity index (χ1) is 9.33. The van der Waals surface area contributed by atoms with Gasteiger partial charge in [0.05, 0.1) is 12.2 Å². The molecule has 0 saturated heterocycles. The Bertz CT molecular complexity index is 671. The molecule has 0 aliphatic heterocycles. The van der Waals surface area contributed by atoms with Crippen molar-refractivity contribution < 1.29 is 9.21 Å². The SMILES string of the molecule is O=C(NCc1ccccn1)c1cc2ccccc2o1. The second kappa shape index (κ2) is 4.94. The highest BCUT2D eigenvalue weighted by Gasteiger charge is 2.11. The van der Waals surface area contributed by atoms with Crippen LogP contribution in [0, 0.1) is 0 Å². The largest absolute Gasteiger partial charge is 0.451 e. The van der Waals surface area contributed by atoms with Crippen molar-refractivity contribution in [2.24, 2.45) is 0 Å². The molecule has 4 nitrogen and oxygen atoms in total. The maximum atomic E-state index is 12.0. The van der Waals surface area contributed by atoms with E-state index in [1.807, 2.05) is 42.5 Å². The topological polar surface area (TPSA) is 55.1 Å². The predicted molar refractivity (Wildman–Crippen MR) is 71.6 cm³/mol. The number of nitrogens with zero attached hydrogens (tertiary/aromatic N) is 1. The maximum Gasteiger partial charge on any atom is 0.287 e. The van der Waals surface area contributed by atoms with Gasteiger partial charge in [-0.25, -0.2) is 0 Å². The third-order valence-corrected chi connectivity index (χ3v) is 2.81. The van der Waals surface area contributed by atoms with Gasteiger partial charge in [0.1, 0.15) is 5.58 Å².